The molecule has 1 aliphatic heterocycles. The number of hydrogen-bond acceptors (Lipinski definition) is 4. The van der Waals surface area contributed by atoms with Crippen LogP contribution in [-0.2, 0) is 14.6 Å². The first-order chi connectivity index (χ1) is 8.17. The van der Waals surface area contributed by atoms with Crippen molar-refractivity contribution in [2.75, 3.05) is 18.1 Å². The Kier molecular flexibility index (Phi) is 4.78. The maximum atomic E-state index is 12.3. The Labute approximate surface area is 110 Å². The molecule has 0 aromatic heterocycles. The maximum Gasteiger partial charge on any atom is 0.242 e. The fraction of sp³-hybridized carbons (Fsp3) is 0.917. The highest BCUT2D eigenvalue weighted by Crippen LogP contribution is 2.20. The molecule has 1 amide bonds. The van der Waals surface area contributed by atoms with E-state index in [0.717, 1.165) is 12.8 Å². The van der Waals surface area contributed by atoms with Crippen LogP contribution in [0.3, 0.4) is 0 Å². The van der Waals surface area contributed by atoms with Crippen molar-refractivity contribution in [3.05, 3.63) is 0 Å². The third kappa shape index (κ3) is 3.95. The zero-order chi connectivity index (χ0) is 14.0. The standard InChI is InChI=1S/C12H24N2O3S/c1-4-5-7-14(11(15)12(2,3)13)10-6-8-18(16,17)9-10/h10H,4-9,13H2,1-3H3. The molecule has 1 rings (SSSR count). The van der Waals surface area contributed by atoms with Crippen molar-refractivity contribution in [3.8, 4) is 0 Å². The molecule has 1 atom stereocenters. The van der Waals surface area contributed by atoms with E-state index >= 15 is 0 Å². The van der Waals surface area contributed by atoms with Crippen LogP contribution in [0.25, 0.3) is 0 Å². The molecule has 5 nitrogen and oxygen atoms in total. The van der Waals surface area contributed by atoms with Crippen LogP contribution in [0.1, 0.15) is 40.0 Å². The van der Waals surface area contributed by atoms with Gasteiger partial charge in [-0.1, -0.05) is 13.3 Å². The average Bonchev–Trinajstić information content (AvgIpc) is 2.58. The van der Waals surface area contributed by atoms with Gasteiger partial charge in [-0.3, -0.25) is 4.79 Å². The van der Waals surface area contributed by atoms with Crippen molar-refractivity contribution in [2.24, 2.45) is 5.73 Å². The Balaban J connectivity index is 2.82. The topological polar surface area (TPSA) is 80.5 Å². The smallest absolute Gasteiger partial charge is 0.242 e. The van der Waals surface area contributed by atoms with Gasteiger partial charge in [0.25, 0.3) is 0 Å². The molecule has 6 heteroatoms. The van der Waals surface area contributed by atoms with Gasteiger partial charge in [-0.2, -0.15) is 0 Å². The number of rotatable bonds is 5. The van der Waals surface area contributed by atoms with Gasteiger partial charge in [0.05, 0.1) is 17.0 Å². The van der Waals surface area contributed by atoms with Crippen molar-refractivity contribution >= 4 is 15.7 Å². The Hall–Kier alpha value is -0.620. The quantitative estimate of drug-likeness (QED) is 0.794. The Bertz CT molecular complexity index is 398. The molecular formula is C12H24N2O3S. The molecule has 1 heterocycles. The van der Waals surface area contributed by atoms with E-state index in [1.165, 1.54) is 0 Å². The predicted octanol–water partition coefficient (Wildman–Crippen LogP) is 0.540. The molecule has 1 fully saturated rings. The van der Waals surface area contributed by atoms with Crippen molar-refractivity contribution in [2.45, 2.75) is 51.6 Å². The van der Waals surface area contributed by atoms with Gasteiger partial charge in [-0.15, -0.1) is 0 Å². The number of carbonyl (C=O) groups is 1. The summed E-state index contributed by atoms with van der Waals surface area (Å²) in [6.07, 6.45) is 2.38. The number of nitrogens with zero attached hydrogens (tertiary/aromatic N) is 1. The predicted molar refractivity (Wildman–Crippen MR) is 71.9 cm³/mol. The van der Waals surface area contributed by atoms with E-state index in [0.29, 0.717) is 13.0 Å². The van der Waals surface area contributed by atoms with E-state index in [-0.39, 0.29) is 23.5 Å². The Morgan fingerprint density at radius 3 is 2.44 bits per heavy atom. The Morgan fingerprint density at radius 2 is 2.06 bits per heavy atom. The lowest BCUT2D eigenvalue weighted by molar-refractivity contribution is -0.137. The maximum absolute atomic E-state index is 12.3. The summed E-state index contributed by atoms with van der Waals surface area (Å²) in [4.78, 5) is 13.9. The van der Waals surface area contributed by atoms with Gasteiger partial charge in [-0.05, 0) is 26.7 Å². The number of sulfone groups is 1. The molecular weight excluding hydrogens is 252 g/mol. The second kappa shape index (κ2) is 5.57. The summed E-state index contributed by atoms with van der Waals surface area (Å²) in [5, 5.41) is 0. The van der Waals surface area contributed by atoms with Crippen molar-refractivity contribution < 1.29 is 13.2 Å². The lowest BCUT2D eigenvalue weighted by Gasteiger charge is -2.33. The van der Waals surface area contributed by atoms with Crippen LogP contribution in [-0.4, -0.2) is 48.9 Å². The highest BCUT2D eigenvalue weighted by atomic mass is 32.2. The summed E-state index contributed by atoms with van der Waals surface area (Å²) < 4.78 is 23.0. The summed E-state index contributed by atoms with van der Waals surface area (Å²) in [6.45, 7) is 5.97. The van der Waals surface area contributed by atoms with Gasteiger partial charge in [0.15, 0.2) is 9.84 Å². The number of amides is 1. The molecule has 1 unspecified atom stereocenters. The third-order valence-corrected chi connectivity index (χ3v) is 4.96. The van der Waals surface area contributed by atoms with Crippen LogP contribution >= 0.6 is 0 Å². The second-order valence-corrected chi connectivity index (χ2v) is 7.86. The minimum absolute atomic E-state index is 0.0819. The first-order valence-electron chi connectivity index (χ1n) is 6.48. The van der Waals surface area contributed by atoms with Crippen LogP contribution < -0.4 is 5.73 Å². The van der Waals surface area contributed by atoms with Crippen molar-refractivity contribution in [1.82, 2.24) is 4.90 Å². The van der Waals surface area contributed by atoms with E-state index in [1.807, 2.05) is 6.92 Å². The fourth-order valence-electron chi connectivity index (χ4n) is 2.17. The summed E-state index contributed by atoms with van der Waals surface area (Å²) in [5.41, 5.74) is 4.90. The SMILES string of the molecule is CCCCN(C(=O)C(C)(C)N)C1CCS(=O)(=O)C1. The summed E-state index contributed by atoms with van der Waals surface area (Å²) in [7, 11) is -2.98. The molecule has 0 aromatic carbocycles. The van der Waals surface area contributed by atoms with Crippen molar-refractivity contribution in [3.63, 3.8) is 0 Å². The first kappa shape index (κ1) is 15.4. The van der Waals surface area contributed by atoms with Crippen LogP contribution in [0.2, 0.25) is 0 Å². The van der Waals surface area contributed by atoms with E-state index in [1.54, 1.807) is 18.7 Å². The monoisotopic (exact) mass is 276 g/mol. The summed E-state index contributed by atoms with van der Waals surface area (Å²) >= 11 is 0. The van der Waals surface area contributed by atoms with E-state index in [2.05, 4.69) is 0 Å². The molecule has 0 saturated carbocycles. The molecule has 2 N–H and O–H groups in total. The minimum Gasteiger partial charge on any atom is -0.337 e. The van der Waals surface area contributed by atoms with E-state index < -0.39 is 15.4 Å². The highest BCUT2D eigenvalue weighted by molar-refractivity contribution is 7.91. The molecule has 1 saturated heterocycles. The summed E-state index contributed by atoms with van der Waals surface area (Å²) in [5.74, 6) is 0.106. The molecule has 0 bridgehead atoms. The molecule has 106 valence electrons. The van der Waals surface area contributed by atoms with E-state index in [9.17, 15) is 13.2 Å². The average molecular weight is 276 g/mol. The van der Waals surface area contributed by atoms with Gasteiger partial charge >= 0.3 is 0 Å². The van der Waals surface area contributed by atoms with Gasteiger partial charge in [0.2, 0.25) is 5.91 Å². The van der Waals surface area contributed by atoms with Gasteiger partial charge in [0, 0.05) is 12.6 Å². The number of unbranched alkanes of at least 4 members (excludes halogenated alkanes) is 1. The van der Waals surface area contributed by atoms with Crippen molar-refractivity contribution in [1.29, 1.82) is 0 Å². The first-order valence-corrected chi connectivity index (χ1v) is 8.30. The number of hydrogen-bond donors (Lipinski definition) is 1. The van der Waals surface area contributed by atoms with Crippen LogP contribution in [0, 0.1) is 0 Å². The normalized spacial score (nSPS) is 23.0. The van der Waals surface area contributed by atoms with Gasteiger partial charge in [0.1, 0.15) is 0 Å². The Morgan fingerprint density at radius 1 is 1.44 bits per heavy atom. The molecule has 1 aliphatic rings. The fourth-order valence-corrected chi connectivity index (χ4v) is 3.90. The van der Waals surface area contributed by atoms with Crippen LogP contribution in [0.15, 0.2) is 0 Å². The molecule has 0 spiro atoms. The molecule has 0 radical (unpaired) electrons. The lowest BCUT2D eigenvalue weighted by atomic mass is 10.0. The summed E-state index contributed by atoms with van der Waals surface area (Å²) in [6, 6.07) is -0.197. The largest absolute Gasteiger partial charge is 0.337 e. The van der Waals surface area contributed by atoms with Gasteiger partial charge in [-0.25, -0.2) is 8.42 Å². The molecule has 18 heavy (non-hydrogen) atoms. The second-order valence-electron chi connectivity index (χ2n) is 5.63. The van der Waals surface area contributed by atoms with Crippen LogP contribution in [0.5, 0.6) is 0 Å². The third-order valence-electron chi connectivity index (χ3n) is 3.21. The van der Waals surface area contributed by atoms with Gasteiger partial charge < -0.3 is 10.6 Å². The molecule has 0 aliphatic carbocycles. The number of carbonyl (C=O) groups excluding carboxylic acids is 1. The zero-order valence-electron chi connectivity index (χ0n) is 11.5. The van der Waals surface area contributed by atoms with Crippen LogP contribution in [0.4, 0.5) is 0 Å². The zero-order valence-corrected chi connectivity index (χ0v) is 12.3. The number of nitrogens with two attached hydrogens (primary N) is 1. The minimum atomic E-state index is -2.98. The van der Waals surface area contributed by atoms with E-state index in [4.69, 9.17) is 5.73 Å². The highest BCUT2D eigenvalue weighted by Gasteiger charge is 2.37. The lowest BCUT2D eigenvalue weighted by Crippen LogP contribution is -2.55. The molecule has 0 aromatic rings.